The monoisotopic (exact) mass is 1240 g/mol. The molecule has 27 nitrogen and oxygen atoms in total. The van der Waals surface area contributed by atoms with Crippen LogP contribution in [0, 0.1) is 24.7 Å². The summed E-state index contributed by atoms with van der Waals surface area (Å²) in [6.07, 6.45) is -2.90. The fraction of sp³-hybridized carbons (Fsp3) is 0.484. The molecule has 5 rings (SSSR count). The minimum atomic E-state index is -1.72. The summed E-state index contributed by atoms with van der Waals surface area (Å²) in [5, 5.41) is 50.7. The molecule has 1 fully saturated rings. The highest BCUT2D eigenvalue weighted by Gasteiger charge is 2.43. The normalized spacial score (nSPS) is 16.7. The van der Waals surface area contributed by atoms with Gasteiger partial charge < -0.3 is 79.6 Å². The topological polar surface area (TPSA) is 442 Å². The molecule has 0 unspecified atom stereocenters. The molecule has 0 saturated carbocycles. The smallest absolute Gasteiger partial charge is 0.315 e. The zero-order chi connectivity index (χ0) is 65.6. The summed E-state index contributed by atoms with van der Waals surface area (Å²) >= 11 is 0. The molecule has 0 spiro atoms. The Morgan fingerprint density at radius 2 is 1.39 bits per heavy atom. The number of H-pyrrole nitrogens is 1. The molecule has 1 saturated heterocycles. The number of aromatic hydroxyl groups is 1. The molecule has 27 heteroatoms. The number of hydrogen-bond acceptors (Lipinski definition) is 15. The first-order valence-electron chi connectivity index (χ1n) is 29.5. The van der Waals surface area contributed by atoms with Gasteiger partial charge in [-0.05, 0) is 80.3 Å². The maximum absolute atomic E-state index is 14.3. The van der Waals surface area contributed by atoms with Gasteiger partial charge in [-0.15, -0.1) is 0 Å². The van der Waals surface area contributed by atoms with E-state index in [0.717, 1.165) is 26.9 Å². The van der Waals surface area contributed by atoms with E-state index in [9.17, 15) is 68.1 Å². The third-order valence-corrected chi connectivity index (χ3v) is 15.3. The van der Waals surface area contributed by atoms with E-state index >= 15 is 0 Å². The van der Waals surface area contributed by atoms with Crippen molar-refractivity contribution in [3.63, 3.8) is 0 Å². The molecule has 1 aliphatic rings. The van der Waals surface area contributed by atoms with E-state index in [1.165, 1.54) is 45.2 Å². The molecule has 9 amide bonds. The minimum absolute atomic E-state index is 0.0399. The van der Waals surface area contributed by atoms with Gasteiger partial charge in [0.1, 0.15) is 23.9 Å². The molecule has 4 aromatic rings. The van der Waals surface area contributed by atoms with Crippen molar-refractivity contribution in [2.24, 2.45) is 39.9 Å². The van der Waals surface area contributed by atoms with E-state index in [1.807, 2.05) is 38.1 Å². The second-order valence-corrected chi connectivity index (χ2v) is 23.1. The Morgan fingerprint density at radius 1 is 0.719 bits per heavy atom. The molecule has 2 heterocycles. The molecule has 482 valence electrons. The van der Waals surface area contributed by atoms with E-state index in [2.05, 4.69) is 47.2 Å². The Hall–Kier alpha value is -9.24. The van der Waals surface area contributed by atoms with Crippen molar-refractivity contribution in [2.45, 2.75) is 147 Å². The number of primary amides is 2. The Morgan fingerprint density at radius 3 is 2.03 bits per heavy atom. The van der Waals surface area contributed by atoms with Crippen molar-refractivity contribution in [1.82, 2.24) is 47.1 Å². The lowest BCUT2D eigenvalue weighted by atomic mass is 9.90. The first-order chi connectivity index (χ1) is 42.1. The summed E-state index contributed by atoms with van der Waals surface area (Å²) in [6.45, 7) is 7.07. The van der Waals surface area contributed by atoms with Crippen LogP contribution in [-0.2, 0) is 67.2 Å². The number of hydrogen-bond donors (Lipinski definition) is 14. The lowest BCUT2D eigenvalue weighted by Crippen LogP contribution is -2.56. The number of aliphatic imine (C=N–C) groups is 1. The number of aliphatic hydroxyl groups is 2. The number of nitrogens with two attached hydrogens (primary N) is 3. The molecule has 89 heavy (non-hydrogen) atoms. The van der Waals surface area contributed by atoms with Crippen molar-refractivity contribution >= 4 is 81.6 Å². The average Bonchev–Trinajstić information content (AvgIpc) is 1.97. The quantitative estimate of drug-likeness (QED) is 0.0161. The maximum atomic E-state index is 14.3. The molecule has 17 N–H and O–H groups in total. The first kappa shape index (κ1) is 70.5. The van der Waals surface area contributed by atoms with E-state index < -0.39 is 144 Å². The Kier molecular flexibility index (Phi) is 26.8. The van der Waals surface area contributed by atoms with Crippen LogP contribution in [0.3, 0.4) is 0 Å². The largest absolute Gasteiger partial charge is 0.508 e. The van der Waals surface area contributed by atoms with Crippen LogP contribution in [0.5, 0.6) is 5.75 Å². The number of carbonyl (C=O) groups excluding carboxylic acids is 11. The van der Waals surface area contributed by atoms with Gasteiger partial charge in [-0.25, -0.2) is 4.79 Å². The number of urea groups is 1. The molecular weight excluding hydrogens is 1150 g/mol. The van der Waals surface area contributed by atoms with Crippen molar-refractivity contribution in [3.05, 3.63) is 101 Å². The number of benzene rings is 3. The second-order valence-electron chi connectivity index (χ2n) is 23.1. The number of aromatic amines is 1. The number of guanidine groups is 1. The number of Topliss-reactive ketones (excluding diaryl/α,β-unsaturated/α-hetero) is 3. The van der Waals surface area contributed by atoms with Crippen LogP contribution < -0.4 is 54.4 Å². The molecule has 10 atom stereocenters. The average molecular weight is 1240 g/mol. The lowest BCUT2D eigenvalue weighted by Gasteiger charge is -2.30. The van der Waals surface area contributed by atoms with E-state index in [-0.39, 0.29) is 75.7 Å². The molecule has 0 radical (unpaired) electrons. The molecule has 0 bridgehead atoms. The van der Waals surface area contributed by atoms with Crippen molar-refractivity contribution in [1.29, 1.82) is 0 Å². The third kappa shape index (κ3) is 22.1. The fourth-order valence-corrected chi connectivity index (χ4v) is 10.6. The van der Waals surface area contributed by atoms with Crippen molar-refractivity contribution in [2.75, 3.05) is 26.7 Å². The van der Waals surface area contributed by atoms with Crippen LogP contribution >= 0.6 is 0 Å². The highest BCUT2D eigenvalue weighted by atomic mass is 16.3. The molecular formula is C62H85N13O14. The number of phenols is 1. The predicted octanol–water partition coefficient (Wildman–Crippen LogP) is -0.380. The summed E-state index contributed by atoms with van der Waals surface area (Å²) in [4.78, 5) is 158. The van der Waals surface area contributed by atoms with Crippen molar-refractivity contribution < 1.29 is 68.1 Å². The van der Waals surface area contributed by atoms with E-state index in [0.29, 0.717) is 17.5 Å². The predicted molar refractivity (Wildman–Crippen MR) is 329 cm³/mol. The van der Waals surface area contributed by atoms with Gasteiger partial charge in [0.15, 0.2) is 23.3 Å². The first-order valence-corrected chi connectivity index (χ1v) is 29.5. The van der Waals surface area contributed by atoms with Gasteiger partial charge in [0.2, 0.25) is 41.4 Å². The standard InChI is InChI=1S/C62H85N13O14/c1-33(2)21-46(52(80)26-39(13-10-20-67-61(65)66-6)57(85)73-49(56(64)84)25-40-30-68-45-15-8-7-14-43(40)45)74-62(89)69-31-54(82)47(24-38-12-9-11-34(3)22-38)71-58(86)44(35(4)76)28-53(81)48(29-55(63)83)72-59(87)51-27-42(79)32-75(51)60(88)50(70-36(5)77)23-37-16-18-41(78)19-17-37/h7-9,11-12,14-19,22,30,33,35,39,42,44,46-51,68,76,78-79H,10,13,20-21,23-29,31-32H2,1-6H3,(H2,63,83)(H2,64,84)(H,70,77)(H,71,86)(H,72,87)(H,73,85)(H3,65,66,67)(H2,69,74,89)/t35-,39-,42-,44+,46+,47+,48+,49+,50-,51+/m1/s1. The van der Waals surface area contributed by atoms with Crippen LogP contribution in [0.1, 0.15) is 94.9 Å². The number of β-amino-alcohol motifs (C(OH)–C–C–N with tert-alkyl or cyclic N) is 1. The van der Waals surface area contributed by atoms with Crippen LogP contribution in [-0.4, -0.2) is 171 Å². The van der Waals surface area contributed by atoms with Gasteiger partial charge in [0.25, 0.3) is 0 Å². The number of amides is 9. The molecule has 0 aliphatic carbocycles. The van der Waals surface area contributed by atoms with Gasteiger partial charge in [-0.1, -0.05) is 74.0 Å². The van der Waals surface area contributed by atoms with Gasteiger partial charge in [-0.2, -0.15) is 0 Å². The number of fused-ring (bicyclic) bond motifs is 1. The van der Waals surface area contributed by atoms with Crippen LogP contribution in [0.2, 0.25) is 0 Å². The Labute approximate surface area is 515 Å². The second kappa shape index (κ2) is 33.8. The number of ketones is 3. The van der Waals surface area contributed by atoms with Crippen LogP contribution in [0.25, 0.3) is 10.9 Å². The summed E-state index contributed by atoms with van der Waals surface area (Å²) in [5.74, 6) is -10.7. The number of rotatable bonds is 34. The summed E-state index contributed by atoms with van der Waals surface area (Å²) < 4.78 is 0. The van der Waals surface area contributed by atoms with Crippen LogP contribution in [0.4, 0.5) is 4.79 Å². The number of phenolic OH excluding ortho intramolecular Hbond substituents is 1. The summed E-state index contributed by atoms with van der Waals surface area (Å²) in [5.41, 5.74) is 20.6. The van der Waals surface area contributed by atoms with Gasteiger partial charge in [0.05, 0.1) is 49.2 Å². The summed E-state index contributed by atoms with van der Waals surface area (Å²) in [7, 11) is 1.50. The lowest BCUT2D eigenvalue weighted by molar-refractivity contribution is -0.142. The number of nitrogens with zero attached hydrogens (tertiary/aromatic N) is 2. The van der Waals surface area contributed by atoms with Gasteiger partial charge >= 0.3 is 6.03 Å². The number of likely N-dealkylation sites (tertiary alicyclic amines) is 1. The number of nitrogens with one attached hydrogen (secondary N) is 8. The number of aromatic nitrogens is 1. The highest BCUT2D eigenvalue weighted by molar-refractivity contribution is 6.00. The number of carbonyl (C=O) groups is 11. The maximum Gasteiger partial charge on any atom is 0.315 e. The zero-order valence-corrected chi connectivity index (χ0v) is 51.0. The molecule has 3 aromatic carbocycles. The number of aryl methyl sites for hydroxylation is 1. The Bertz CT molecular complexity index is 3200. The zero-order valence-electron chi connectivity index (χ0n) is 51.0. The summed E-state index contributed by atoms with van der Waals surface area (Å²) in [6, 6.07) is 11.2. The molecule has 1 aliphatic heterocycles. The Balaban J connectivity index is 1.29. The third-order valence-electron chi connectivity index (χ3n) is 15.3. The minimum Gasteiger partial charge on any atom is -0.508 e. The van der Waals surface area contributed by atoms with Crippen molar-refractivity contribution in [3.8, 4) is 5.75 Å². The van der Waals surface area contributed by atoms with Gasteiger partial charge in [-0.3, -0.25) is 52.9 Å². The number of para-hydroxylation sites is 1. The fourth-order valence-electron chi connectivity index (χ4n) is 10.6. The van der Waals surface area contributed by atoms with Crippen LogP contribution in [0.15, 0.2) is 84.0 Å². The SMILES string of the molecule is CN=C(N)NCCC[C@H](CC(=O)[C@H](CC(C)C)NC(=O)NCC(=O)[C@H](Cc1cccc(C)c1)NC(=O)[C@@H](CC(=O)[C@H](CC(N)=O)NC(=O)[C@@H]1C[C@@H](O)CN1C(=O)[C@@H](Cc1ccc(O)cc1)NC(C)=O)[C@@H](C)O)C(=O)N[C@@H](Cc1c[nH]c2ccccc12)C(N)=O. The highest BCUT2D eigenvalue weighted by Crippen LogP contribution is 2.24. The number of aliphatic hydroxyl groups excluding tert-OH is 2. The molecule has 1 aromatic heterocycles. The van der Waals surface area contributed by atoms with E-state index in [1.54, 1.807) is 37.4 Å². The van der Waals surface area contributed by atoms with Gasteiger partial charge in [0, 0.05) is 82.2 Å². The van der Waals surface area contributed by atoms with E-state index in [4.69, 9.17) is 17.2 Å².